The van der Waals surface area contributed by atoms with Crippen LogP contribution in [0, 0.1) is 20.8 Å². The van der Waals surface area contributed by atoms with Crippen LogP contribution in [0.15, 0.2) is 42.0 Å². The van der Waals surface area contributed by atoms with E-state index in [4.69, 9.17) is 9.47 Å². The second kappa shape index (κ2) is 8.71. The van der Waals surface area contributed by atoms with Crippen LogP contribution >= 0.6 is 0 Å². The van der Waals surface area contributed by atoms with Gasteiger partial charge in [0.2, 0.25) is 0 Å². The molecular weight excluding hydrogens is 382 g/mol. The standard InChI is InChI=1S/C24H27NO5/c1-14-7-6-8-17(12-14)20-19(22(27)24(28)25(20)9-10-29-4)21(26)18-13-15(2)11-16(3)23(18)30-5/h6-8,11-13,20,26H,9-10H2,1-5H3/b21-19+. The molecule has 1 unspecified atom stereocenters. The molecule has 2 aromatic carbocycles. The fourth-order valence-electron chi connectivity index (χ4n) is 4.03. The van der Waals surface area contributed by atoms with Crippen molar-refractivity contribution in [3.63, 3.8) is 0 Å². The van der Waals surface area contributed by atoms with E-state index in [0.717, 1.165) is 22.3 Å². The zero-order chi connectivity index (χ0) is 22.0. The molecule has 1 aliphatic rings. The average molecular weight is 409 g/mol. The first-order valence-corrected chi connectivity index (χ1v) is 9.79. The smallest absolute Gasteiger partial charge is 0.295 e. The molecule has 30 heavy (non-hydrogen) atoms. The van der Waals surface area contributed by atoms with Gasteiger partial charge in [0.25, 0.3) is 11.7 Å². The molecule has 1 N–H and O–H groups in total. The molecule has 6 heteroatoms. The lowest BCUT2D eigenvalue weighted by molar-refractivity contribution is -0.140. The van der Waals surface area contributed by atoms with E-state index in [1.807, 2.05) is 51.1 Å². The number of benzene rings is 2. The highest BCUT2D eigenvalue weighted by atomic mass is 16.5. The number of carbonyl (C=O) groups excluding carboxylic acids is 2. The van der Waals surface area contributed by atoms with Gasteiger partial charge in [0.15, 0.2) is 0 Å². The Bertz CT molecular complexity index is 1020. The fraction of sp³-hybridized carbons (Fsp3) is 0.333. The first-order valence-electron chi connectivity index (χ1n) is 9.79. The van der Waals surface area contributed by atoms with E-state index >= 15 is 0 Å². The van der Waals surface area contributed by atoms with Crippen molar-refractivity contribution in [1.82, 2.24) is 4.90 Å². The normalized spacial score (nSPS) is 18.2. The van der Waals surface area contributed by atoms with Gasteiger partial charge in [0.05, 0.1) is 30.9 Å². The Morgan fingerprint density at radius 2 is 1.80 bits per heavy atom. The SMILES string of the molecule is COCCN1C(=O)C(=O)/C(=C(/O)c2cc(C)cc(C)c2OC)C1c1cccc(C)c1. The summed E-state index contributed by atoms with van der Waals surface area (Å²) in [5.41, 5.74) is 3.96. The number of hydrogen-bond donors (Lipinski definition) is 1. The van der Waals surface area contributed by atoms with Crippen molar-refractivity contribution in [2.45, 2.75) is 26.8 Å². The van der Waals surface area contributed by atoms with E-state index in [9.17, 15) is 14.7 Å². The Hall–Kier alpha value is -3.12. The maximum Gasteiger partial charge on any atom is 0.295 e. The molecule has 1 saturated heterocycles. The van der Waals surface area contributed by atoms with Crippen LogP contribution in [0.1, 0.15) is 33.9 Å². The van der Waals surface area contributed by atoms with Crippen molar-refractivity contribution in [3.8, 4) is 5.75 Å². The number of aliphatic hydroxyl groups is 1. The number of aryl methyl sites for hydroxylation is 3. The Balaban J connectivity index is 2.27. The Morgan fingerprint density at radius 1 is 1.07 bits per heavy atom. The van der Waals surface area contributed by atoms with Gasteiger partial charge in [-0.05, 0) is 43.5 Å². The zero-order valence-corrected chi connectivity index (χ0v) is 18.0. The lowest BCUT2D eigenvalue weighted by atomic mass is 9.93. The Morgan fingerprint density at radius 3 is 2.43 bits per heavy atom. The van der Waals surface area contributed by atoms with Crippen LogP contribution in [0.2, 0.25) is 0 Å². The summed E-state index contributed by atoms with van der Waals surface area (Å²) in [6.45, 7) is 6.23. The predicted octanol–water partition coefficient (Wildman–Crippen LogP) is 3.69. The largest absolute Gasteiger partial charge is 0.507 e. The van der Waals surface area contributed by atoms with Gasteiger partial charge in [-0.3, -0.25) is 9.59 Å². The van der Waals surface area contributed by atoms with Crippen LogP contribution in [0.3, 0.4) is 0 Å². The molecule has 1 aliphatic heterocycles. The Kier molecular flexibility index (Phi) is 6.27. The summed E-state index contributed by atoms with van der Waals surface area (Å²) in [7, 11) is 3.06. The molecule has 1 atom stereocenters. The van der Waals surface area contributed by atoms with Gasteiger partial charge >= 0.3 is 0 Å². The molecular formula is C24H27NO5. The second-order valence-electron chi connectivity index (χ2n) is 7.56. The minimum Gasteiger partial charge on any atom is -0.507 e. The number of rotatable bonds is 6. The lowest BCUT2D eigenvalue weighted by Gasteiger charge is -2.25. The highest BCUT2D eigenvalue weighted by molar-refractivity contribution is 6.46. The van der Waals surface area contributed by atoms with Crippen LogP contribution in [0.5, 0.6) is 5.75 Å². The van der Waals surface area contributed by atoms with Crippen LogP contribution in [0.4, 0.5) is 0 Å². The number of nitrogens with zero attached hydrogens (tertiary/aromatic N) is 1. The molecule has 6 nitrogen and oxygen atoms in total. The van der Waals surface area contributed by atoms with E-state index in [1.54, 1.807) is 13.2 Å². The van der Waals surface area contributed by atoms with Gasteiger partial charge in [-0.2, -0.15) is 0 Å². The van der Waals surface area contributed by atoms with Crippen LogP contribution in [-0.2, 0) is 14.3 Å². The van der Waals surface area contributed by atoms with E-state index in [2.05, 4.69) is 0 Å². The molecule has 1 amide bonds. The molecule has 0 spiro atoms. The van der Waals surface area contributed by atoms with Crippen molar-refractivity contribution >= 4 is 17.4 Å². The summed E-state index contributed by atoms with van der Waals surface area (Å²) < 4.78 is 10.6. The number of amides is 1. The number of likely N-dealkylation sites (tertiary alicyclic amines) is 1. The van der Waals surface area contributed by atoms with E-state index in [0.29, 0.717) is 11.3 Å². The number of hydrogen-bond acceptors (Lipinski definition) is 5. The molecule has 0 radical (unpaired) electrons. The number of ether oxygens (including phenoxy) is 2. The summed E-state index contributed by atoms with van der Waals surface area (Å²) >= 11 is 0. The maximum absolute atomic E-state index is 13.0. The van der Waals surface area contributed by atoms with Gasteiger partial charge in [0, 0.05) is 13.7 Å². The molecule has 1 heterocycles. The second-order valence-corrected chi connectivity index (χ2v) is 7.56. The summed E-state index contributed by atoms with van der Waals surface area (Å²) in [5.74, 6) is -1.12. The summed E-state index contributed by atoms with van der Waals surface area (Å²) in [5, 5.41) is 11.3. The third-order valence-electron chi connectivity index (χ3n) is 5.31. The third-order valence-corrected chi connectivity index (χ3v) is 5.31. The first kappa shape index (κ1) is 21.6. The van der Waals surface area contributed by atoms with Gasteiger partial charge < -0.3 is 19.5 Å². The molecule has 2 aromatic rings. The van der Waals surface area contributed by atoms with Gasteiger partial charge in [-0.1, -0.05) is 35.9 Å². The zero-order valence-electron chi connectivity index (χ0n) is 18.0. The first-order chi connectivity index (χ1) is 14.3. The van der Waals surface area contributed by atoms with Crippen molar-refractivity contribution in [3.05, 3.63) is 69.8 Å². The minimum atomic E-state index is -0.712. The fourth-order valence-corrected chi connectivity index (χ4v) is 4.03. The summed E-state index contributed by atoms with van der Waals surface area (Å²) in [6.07, 6.45) is 0. The molecule has 0 saturated carbocycles. The van der Waals surface area contributed by atoms with E-state index in [1.165, 1.54) is 12.0 Å². The predicted molar refractivity (Wildman–Crippen MR) is 115 cm³/mol. The number of ketones is 1. The van der Waals surface area contributed by atoms with Crippen molar-refractivity contribution < 1.29 is 24.2 Å². The van der Waals surface area contributed by atoms with Crippen molar-refractivity contribution in [1.29, 1.82) is 0 Å². The quantitative estimate of drug-likeness (QED) is 0.447. The van der Waals surface area contributed by atoms with Crippen LogP contribution in [-0.4, -0.2) is 49.1 Å². The molecule has 0 aromatic heterocycles. The van der Waals surface area contributed by atoms with Crippen molar-refractivity contribution in [2.75, 3.05) is 27.4 Å². The Labute approximate surface area is 176 Å². The highest BCUT2D eigenvalue weighted by Gasteiger charge is 2.46. The van der Waals surface area contributed by atoms with E-state index < -0.39 is 17.7 Å². The van der Waals surface area contributed by atoms with Crippen LogP contribution < -0.4 is 4.74 Å². The molecule has 1 fully saturated rings. The monoisotopic (exact) mass is 409 g/mol. The lowest BCUT2D eigenvalue weighted by Crippen LogP contribution is -2.32. The third kappa shape index (κ3) is 3.83. The number of Topliss-reactive ketones (excluding diaryl/α,β-unsaturated/α-hetero) is 1. The number of methoxy groups -OCH3 is 2. The number of carbonyl (C=O) groups is 2. The van der Waals surface area contributed by atoms with Gasteiger partial charge in [0.1, 0.15) is 11.5 Å². The van der Waals surface area contributed by atoms with Crippen molar-refractivity contribution in [2.24, 2.45) is 0 Å². The van der Waals surface area contributed by atoms with Gasteiger partial charge in [-0.15, -0.1) is 0 Å². The average Bonchev–Trinajstić information content (AvgIpc) is 2.96. The molecule has 0 bridgehead atoms. The highest BCUT2D eigenvalue weighted by Crippen LogP contribution is 2.41. The van der Waals surface area contributed by atoms with E-state index in [-0.39, 0.29) is 24.5 Å². The number of aliphatic hydroxyl groups excluding tert-OH is 1. The topological polar surface area (TPSA) is 76.1 Å². The molecule has 0 aliphatic carbocycles. The maximum atomic E-state index is 13.0. The van der Waals surface area contributed by atoms with Gasteiger partial charge in [-0.25, -0.2) is 0 Å². The van der Waals surface area contributed by atoms with Crippen LogP contribution in [0.25, 0.3) is 5.76 Å². The molecule has 3 rings (SSSR count). The minimum absolute atomic E-state index is 0.0602. The summed E-state index contributed by atoms with van der Waals surface area (Å²) in [4.78, 5) is 27.4. The molecule has 158 valence electrons. The summed E-state index contributed by atoms with van der Waals surface area (Å²) in [6, 6.07) is 10.6.